The number of benzene rings is 1. The number of methoxy groups -OCH3 is 2. The molecule has 0 aliphatic carbocycles. The number of nitrogens with one attached hydrogen (secondary N) is 1. The lowest BCUT2D eigenvalue weighted by atomic mass is 10.0. The molecule has 0 radical (unpaired) electrons. The van der Waals surface area contributed by atoms with Gasteiger partial charge in [-0.05, 0) is 18.2 Å². The zero-order valence-electron chi connectivity index (χ0n) is 16.6. The zero-order valence-corrected chi connectivity index (χ0v) is 19.0. The van der Waals surface area contributed by atoms with E-state index in [0.717, 1.165) is 47.4 Å². The molecule has 30 heavy (non-hydrogen) atoms. The average molecular weight is 486 g/mol. The second-order valence-corrected chi connectivity index (χ2v) is 9.61. The van der Waals surface area contributed by atoms with Crippen LogP contribution in [-0.4, -0.2) is 46.8 Å². The van der Waals surface area contributed by atoms with Crippen molar-refractivity contribution in [3.05, 3.63) is 47.3 Å². The highest BCUT2D eigenvalue weighted by atomic mass is 79.9. The molecule has 2 aliphatic heterocycles. The SMILES string of the molecule is COc1cc2nncc(-c3ccc(N4C5=C(CNCC5)SC4Br)nc3)c2cc1OC. The van der Waals surface area contributed by atoms with Crippen molar-refractivity contribution in [2.75, 3.05) is 32.2 Å². The van der Waals surface area contributed by atoms with Gasteiger partial charge in [0.1, 0.15) is 10.1 Å². The Morgan fingerprint density at radius 1 is 1.17 bits per heavy atom. The fraction of sp³-hybridized carbons (Fsp3) is 0.286. The van der Waals surface area contributed by atoms with Crippen molar-refractivity contribution < 1.29 is 9.47 Å². The largest absolute Gasteiger partial charge is 0.493 e. The lowest BCUT2D eigenvalue weighted by Crippen LogP contribution is -2.30. The third-order valence-corrected chi connectivity index (χ3v) is 7.37. The van der Waals surface area contributed by atoms with Gasteiger partial charge in [-0.1, -0.05) is 27.7 Å². The molecular weight excluding hydrogens is 466 g/mol. The van der Waals surface area contributed by atoms with Crippen LogP contribution in [-0.2, 0) is 0 Å². The van der Waals surface area contributed by atoms with Crippen molar-refractivity contribution in [3.63, 3.8) is 0 Å². The van der Waals surface area contributed by atoms with E-state index in [1.54, 1.807) is 20.4 Å². The molecule has 9 heteroatoms. The molecule has 0 saturated heterocycles. The second kappa shape index (κ2) is 8.05. The fourth-order valence-corrected chi connectivity index (χ4v) is 6.08. The molecule has 2 aliphatic rings. The molecule has 1 atom stereocenters. The summed E-state index contributed by atoms with van der Waals surface area (Å²) in [6, 6.07) is 7.92. The lowest BCUT2D eigenvalue weighted by Gasteiger charge is -2.26. The molecule has 0 bridgehead atoms. The number of thioether (sulfide) groups is 1. The number of pyridine rings is 1. The quantitative estimate of drug-likeness (QED) is 0.436. The molecule has 1 N–H and O–H groups in total. The predicted molar refractivity (Wildman–Crippen MR) is 123 cm³/mol. The van der Waals surface area contributed by atoms with Crippen LogP contribution in [0.2, 0.25) is 0 Å². The summed E-state index contributed by atoms with van der Waals surface area (Å²) in [6.45, 7) is 1.92. The highest BCUT2D eigenvalue weighted by molar-refractivity contribution is 9.11. The third kappa shape index (κ3) is 3.30. The Morgan fingerprint density at radius 2 is 2.00 bits per heavy atom. The third-order valence-electron chi connectivity index (χ3n) is 5.33. The van der Waals surface area contributed by atoms with E-state index in [1.807, 2.05) is 30.1 Å². The number of ether oxygens (including phenoxy) is 2. The number of rotatable bonds is 4. The van der Waals surface area contributed by atoms with E-state index in [2.05, 4.69) is 48.5 Å². The summed E-state index contributed by atoms with van der Waals surface area (Å²) in [6.07, 6.45) is 4.66. The maximum Gasteiger partial charge on any atom is 0.162 e. The van der Waals surface area contributed by atoms with Crippen molar-refractivity contribution in [1.29, 1.82) is 0 Å². The number of halogens is 1. The van der Waals surface area contributed by atoms with Crippen molar-refractivity contribution >= 4 is 44.4 Å². The van der Waals surface area contributed by atoms with Crippen LogP contribution in [0.3, 0.4) is 0 Å². The summed E-state index contributed by atoms with van der Waals surface area (Å²) >= 11 is 5.63. The summed E-state index contributed by atoms with van der Waals surface area (Å²) in [4.78, 5) is 8.45. The van der Waals surface area contributed by atoms with Gasteiger partial charge in [-0.3, -0.25) is 0 Å². The van der Waals surface area contributed by atoms with Gasteiger partial charge in [0.2, 0.25) is 0 Å². The van der Waals surface area contributed by atoms with Crippen LogP contribution in [0.25, 0.3) is 22.0 Å². The molecule has 3 aromatic rings. The molecule has 4 heterocycles. The van der Waals surface area contributed by atoms with Crippen LogP contribution in [0.4, 0.5) is 5.82 Å². The van der Waals surface area contributed by atoms with Crippen molar-refractivity contribution in [2.24, 2.45) is 0 Å². The van der Waals surface area contributed by atoms with E-state index in [-0.39, 0.29) is 4.28 Å². The van der Waals surface area contributed by atoms with E-state index >= 15 is 0 Å². The standard InChI is InChI=1S/C21H20BrN5O2S/c1-28-17-7-13-14(10-25-26-15(13)8-18(17)29-2)12-3-4-20(24-9-12)27-16-5-6-23-11-19(16)30-21(27)22/h3-4,7-10,21,23H,5-6,11H2,1-2H3. The van der Waals surface area contributed by atoms with Crippen molar-refractivity contribution in [2.45, 2.75) is 10.7 Å². The first-order chi connectivity index (χ1) is 14.7. The highest BCUT2D eigenvalue weighted by Crippen LogP contribution is 2.45. The van der Waals surface area contributed by atoms with Gasteiger partial charge in [0, 0.05) is 58.9 Å². The van der Waals surface area contributed by atoms with E-state index < -0.39 is 0 Å². The average Bonchev–Trinajstić information content (AvgIpc) is 3.13. The fourth-order valence-electron chi connectivity index (χ4n) is 3.85. The summed E-state index contributed by atoms with van der Waals surface area (Å²) in [5.41, 5.74) is 4.03. The minimum absolute atomic E-state index is 0.167. The Morgan fingerprint density at radius 3 is 2.77 bits per heavy atom. The molecule has 1 unspecified atom stereocenters. The van der Waals surface area contributed by atoms with Gasteiger partial charge in [-0.25, -0.2) is 4.98 Å². The van der Waals surface area contributed by atoms with Crippen LogP contribution in [0.5, 0.6) is 11.5 Å². The number of anilines is 1. The summed E-state index contributed by atoms with van der Waals surface area (Å²) in [5, 5.41) is 12.8. The minimum atomic E-state index is 0.167. The second-order valence-electron chi connectivity index (χ2n) is 6.96. The van der Waals surface area contributed by atoms with Crippen molar-refractivity contribution in [3.8, 4) is 22.6 Å². The van der Waals surface area contributed by atoms with Gasteiger partial charge in [0.15, 0.2) is 11.5 Å². The van der Waals surface area contributed by atoms with Gasteiger partial charge in [0.25, 0.3) is 0 Å². The Hall–Kier alpha value is -2.36. The van der Waals surface area contributed by atoms with Gasteiger partial charge < -0.3 is 19.7 Å². The molecule has 0 fully saturated rings. The molecule has 7 nitrogen and oxygen atoms in total. The minimum Gasteiger partial charge on any atom is -0.493 e. The number of hydrogen-bond donors (Lipinski definition) is 1. The van der Waals surface area contributed by atoms with E-state index in [9.17, 15) is 0 Å². The number of nitrogens with zero attached hydrogens (tertiary/aromatic N) is 4. The Kier molecular flexibility index (Phi) is 5.26. The first kappa shape index (κ1) is 19.6. The number of fused-ring (bicyclic) bond motifs is 1. The van der Waals surface area contributed by atoms with Crippen LogP contribution >= 0.6 is 27.7 Å². The molecule has 2 aromatic heterocycles. The molecule has 0 saturated carbocycles. The van der Waals surface area contributed by atoms with Gasteiger partial charge in [0.05, 0.1) is 25.9 Å². The first-order valence-electron chi connectivity index (χ1n) is 9.56. The highest BCUT2D eigenvalue weighted by Gasteiger charge is 2.33. The first-order valence-corrected chi connectivity index (χ1v) is 11.4. The summed E-state index contributed by atoms with van der Waals surface area (Å²) < 4.78 is 11.0. The topological polar surface area (TPSA) is 72.4 Å². The summed E-state index contributed by atoms with van der Waals surface area (Å²) in [7, 11) is 3.24. The van der Waals surface area contributed by atoms with Crippen LogP contribution in [0, 0.1) is 0 Å². The molecule has 0 amide bonds. The normalized spacial score (nSPS) is 18.6. The van der Waals surface area contributed by atoms with E-state index in [4.69, 9.17) is 14.5 Å². The van der Waals surface area contributed by atoms with Crippen molar-refractivity contribution in [1.82, 2.24) is 20.5 Å². The van der Waals surface area contributed by atoms with Crippen LogP contribution in [0.1, 0.15) is 6.42 Å². The summed E-state index contributed by atoms with van der Waals surface area (Å²) in [5.74, 6) is 2.22. The molecule has 154 valence electrons. The Labute approximate surface area is 187 Å². The van der Waals surface area contributed by atoms with E-state index in [1.165, 1.54) is 10.6 Å². The van der Waals surface area contributed by atoms with Crippen LogP contribution < -0.4 is 19.7 Å². The Balaban J connectivity index is 1.53. The van der Waals surface area contributed by atoms with Gasteiger partial charge in [-0.2, -0.15) is 10.2 Å². The van der Waals surface area contributed by atoms with Crippen LogP contribution in [0.15, 0.2) is 47.3 Å². The van der Waals surface area contributed by atoms with Gasteiger partial charge in [-0.15, -0.1) is 0 Å². The number of alkyl halides is 1. The molecule has 1 aromatic carbocycles. The number of aromatic nitrogens is 3. The molecule has 0 spiro atoms. The monoisotopic (exact) mass is 485 g/mol. The Bertz CT molecular complexity index is 1140. The van der Waals surface area contributed by atoms with Gasteiger partial charge >= 0.3 is 0 Å². The maximum absolute atomic E-state index is 5.47. The molecular formula is C21H20BrN5O2S. The zero-order chi connectivity index (χ0) is 20.7. The predicted octanol–water partition coefficient (Wildman–Crippen LogP) is 4.15. The number of hydrogen-bond acceptors (Lipinski definition) is 8. The smallest absolute Gasteiger partial charge is 0.162 e. The maximum atomic E-state index is 5.47. The lowest BCUT2D eigenvalue weighted by molar-refractivity contribution is 0.356. The molecule has 5 rings (SSSR count). The van der Waals surface area contributed by atoms with E-state index in [0.29, 0.717) is 11.5 Å².